The Labute approximate surface area is 205 Å². The maximum Gasteiger partial charge on any atom is 0.275 e. The molecule has 9 heteroatoms. The normalized spacial score (nSPS) is 13.7. The smallest absolute Gasteiger partial charge is 0.275 e. The Morgan fingerprint density at radius 3 is 2.03 bits per heavy atom. The first kappa shape index (κ1) is 23.3. The average Bonchev–Trinajstić information content (AvgIpc) is 2.92. The zero-order chi connectivity index (χ0) is 25.2. The van der Waals surface area contributed by atoms with Gasteiger partial charge in [0.2, 0.25) is 0 Å². The highest BCUT2D eigenvalue weighted by Crippen LogP contribution is 2.18. The molecule has 1 saturated heterocycles. The molecule has 1 aromatic heterocycles. The van der Waals surface area contributed by atoms with Crippen molar-refractivity contribution in [3.05, 3.63) is 112 Å². The van der Waals surface area contributed by atoms with Crippen LogP contribution in [0.5, 0.6) is 0 Å². The lowest BCUT2D eigenvalue weighted by atomic mass is 10.1. The lowest BCUT2D eigenvalue weighted by Crippen LogP contribution is -2.51. The summed E-state index contributed by atoms with van der Waals surface area (Å²) in [6.07, 6.45) is 0. The summed E-state index contributed by atoms with van der Waals surface area (Å²) in [5.41, 5.74) is 0.814. The number of rotatable bonds is 4. The monoisotopic (exact) mass is 488 g/mol. The molecular formula is C27H22F2N4O3. The molecule has 1 aliphatic heterocycles. The van der Waals surface area contributed by atoms with Gasteiger partial charge >= 0.3 is 0 Å². The second-order valence-electron chi connectivity index (χ2n) is 8.56. The number of aromatic nitrogens is 2. The van der Waals surface area contributed by atoms with Crippen molar-refractivity contribution in [2.24, 2.45) is 0 Å². The maximum absolute atomic E-state index is 13.6. The van der Waals surface area contributed by atoms with Gasteiger partial charge in [0.15, 0.2) is 17.3 Å². The van der Waals surface area contributed by atoms with Gasteiger partial charge in [-0.3, -0.25) is 14.4 Å². The fraction of sp³-hybridized carbons (Fsp3) is 0.185. The minimum Gasteiger partial charge on any atom is -0.335 e. The van der Waals surface area contributed by atoms with Gasteiger partial charge in [-0.1, -0.05) is 48.5 Å². The lowest BCUT2D eigenvalue weighted by Gasteiger charge is -2.34. The van der Waals surface area contributed by atoms with Gasteiger partial charge in [0.25, 0.3) is 17.4 Å². The molecule has 1 aliphatic rings. The molecule has 0 aliphatic carbocycles. The van der Waals surface area contributed by atoms with Crippen LogP contribution in [0.2, 0.25) is 0 Å². The van der Waals surface area contributed by atoms with Gasteiger partial charge in [-0.25, -0.2) is 13.5 Å². The van der Waals surface area contributed by atoms with Crippen LogP contribution < -0.4 is 5.56 Å². The van der Waals surface area contributed by atoms with Gasteiger partial charge in [-0.2, -0.15) is 5.10 Å². The lowest BCUT2D eigenvalue weighted by molar-refractivity contribution is 0.0532. The SMILES string of the molecule is O=C(c1ccc(F)c(F)c1)N1CCN(C(=O)c2nn(Cc3ccccc3)c(=O)c3ccccc23)CC1. The second kappa shape index (κ2) is 9.69. The topological polar surface area (TPSA) is 75.5 Å². The van der Waals surface area contributed by atoms with Crippen molar-refractivity contribution in [2.45, 2.75) is 6.54 Å². The van der Waals surface area contributed by atoms with Crippen molar-refractivity contribution < 1.29 is 18.4 Å². The van der Waals surface area contributed by atoms with Crippen LogP contribution in [0.1, 0.15) is 26.4 Å². The summed E-state index contributed by atoms with van der Waals surface area (Å²) in [5, 5.41) is 5.32. The van der Waals surface area contributed by atoms with Crippen LogP contribution in [-0.4, -0.2) is 57.6 Å². The van der Waals surface area contributed by atoms with E-state index in [0.29, 0.717) is 10.8 Å². The van der Waals surface area contributed by atoms with Crippen molar-refractivity contribution in [2.75, 3.05) is 26.2 Å². The van der Waals surface area contributed by atoms with E-state index in [1.807, 2.05) is 30.3 Å². The minimum absolute atomic E-state index is 0.0503. The van der Waals surface area contributed by atoms with Gasteiger partial charge in [-0.15, -0.1) is 0 Å². The summed E-state index contributed by atoms with van der Waals surface area (Å²) in [6.45, 7) is 1.15. The molecular weight excluding hydrogens is 466 g/mol. The summed E-state index contributed by atoms with van der Waals surface area (Å²) in [5.74, 6) is -2.87. The third kappa shape index (κ3) is 4.47. The number of halogens is 2. The molecule has 0 bridgehead atoms. The Hall–Kier alpha value is -4.40. The molecule has 2 heterocycles. The zero-order valence-corrected chi connectivity index (χ0v) is 19.2. The Balaban J connectivity index is 1.38. The Morgan fingerprint density at radius 2 is 1.36 bits per heavy atom. The third-order valence-corrected chi connectivity index (χ3v) is 6.27. The number of benzene rings is 3. The molecule has 0 saturated carbocycles. The molecule has 0 radical (unpaired) electrons. The van der Waals surface area contributed by atoms with E-state index < -0.39 is 17.5 Å². The number of nitrogens with zero attached hydrogens (tertiary/aromatic N) is 4. The molecule has 7 nitrogen and oxygen atoms in total. The van der Waals surface area contributed by atoms with Gasteiger partial charge in [-0.05, 0) is 29.8 Å². The van der Waals surface area contributed by atoms with E-state index in [9.17, 15) is 23.2 Å². The van der Waals surface area contributed by atoms with Crippen LogP contribution in [0.25, 0.3) is 10.8 Å². The first-order chi connectivity index (χ1) is 17.4. The standard InChI is InChI=1S/C27H22F2N4O3/c28-22-11-10-19(16-23(22)29)25(34)31-12-14-32(15-13-31)27(36)24-20-8-4-5-9-21(20)26(35)33(30-24)17-18-6-2-1-3-7-18/h1-11,16H,12-15,17H2. The molecule has 5 rings (SSSR count). The number of piperazine rings is 1. The molecule has 0 unspecified atom stereocenters. The maximum atomic E-state index is 13.6. The van der Waals surface area contributed by atoms with E-state index >= 15 is 0 Å². The van der Waals surface area contributed by atoms with Crippen LogP contribution in [0.4, 0.5) is 8.78 Å². The predicted molar refractivity (Wildman–Crippen MR) is 130 cm³/mol. The third-order valence-electron chi connectivity index (χ3n) is 6.27. The van der Waals surface area contributed by atoms with Crippen LogP contribution in [-0.2, 0) is 6.54 Å². The number of fused-ring (bicyclic) bond motifs is 1. The molecule has 36 heavy (non-hydrogen) atoms. The van der Waals surface area contributed by atoms with Gasteiger partial charge in [0.1, 0.15) is 0 Å². The quantitative estimate of drug-likeness (QED) is 0.442. The van der Waals surface area contributed by atoms with Crippen LogP contribution in [0.15, 0.2) is 77.6 Å². The largest absolute Gasteiger partial charge is 0.335 e. The fourth-order valence-electron chi connectivity index (χ4n) is 4.33. The molecule has 1 fully saturated rings. The van der Waals surface area contributed by atoms with Crippen LogP contribution in [0, 0.1) is 11.6 Å². The van der Waals surface area contributed by atoms with Gasteiger partial charge in [0, 0.05) is 37.1 Å². The Kier molecular flexibility index (Phi) is 6.28. The van der Waals surface area contributed by atoms with Gasteiger partial charge < -0.3 is 9.80 Å². The Bertz CT molecular complexity index is 1510. The van der Waals surface area contributed by atoms with Crippen molar-refractivity contribution in [1.29, 1.82) is 0 Å². The predicted octanol–water partition coefficient (Wildman–Crippen LogP) is 3.32. The van der Waals surface area contributed by atoms with E-state index in [0.717, 1.165) is 17.7 Å². The molecule has 0 spiro atoms. The Morgan fingerprint density at radius 1 is 0.750 bits per heavy atom. The highest BCUT2D eigenvalue weighted by atomic mass is 19.2. The molecule has 0 atom stereocenters. The summed E-state index contributed by atoms with van der Waals surface area (Å²) in [4.78, 5) is 42.4. The number of hydrogen-bond acceptors (Lipinski definition) is 4. The molecule has 2 amide bonds. The van der Waals surface area contributed by atoms with Crippen molar-refractivity contribution in [3.8, 4) is 0 Å². The van der Waals surface area contributed by atoms with E-state index in [4.69, 9.17) is 0 Å². The molecule has 0 N–H and O–H groups in total. The van der Waals surface area contributed by atoms with E-state index in [1.54, 1.807) is 29.2 Å². The van der Waals surface area contributed by atoms with Crippen molar-refractivity contribution in [3.63, 3.8) is 0 Å². The molecule has 3 aromatic carbocycles. The minimum atomic E-state index is -1.08. The van der Waals surface area contributed by atoms with E-state index in [1.165, 1.54) is 15.6 Å². The highest BCUT2D eigenvalue weighted by molar-refractivity contribution is 6.05. The summed E-state index contributed by atoms with van der Waals surface area (Å²) >= 11 is 0. The van der Waals surface area contributed by atoms with Gasteiger partial charge in [0.05, 0.1) is 11.9 Å². The summed E-state index contributed by atoms with van der Waals surface area (Å²) in [7, 11) is 0. The highest BCUT2D eigenvalue weighted by Gasteiger charge is 2.28. The zero-order valence-electron chi connectivity index (χ0n) is 19.2. The van der Waals surface area contributed by atoms with Crippen LogP contribution in [0.3, 0.4) is 0 Å². The first-order valence-electron chi connectivity index (χ1n) is 11.5. The van der Waals surface area contributed by atoms with E-state index in [2.05, 4.69) is 5.10 Å². The number of carbonyl (C=O) groups is 2. The van der Waals surface area contributed by atoms with Crippen molar-refractivity contribution >= 4 is 22.6 Å². The molecule has 4 aromatic rings. The number of carbonyl (C=O) groups excluding carboxylic acids is 2. The summed E-state index contributed by atoms with van der Waals surface area (Å²) < 4.78 is 28.1. The van der Waals surface area contributed by atoms with E-state index in [-0.39, 0.29) is 55.4 Å². The van der Waals surface area contributed by atoms with Crippen LogP contribution >= 0.6 is 0 Å². The fourth-order valence-corrected chi connectivity index (χ4v) is 4.33. The summed E-state index contributed by atoms with van der Waals surface area (Å²) in [6, 6.07) is 19.3. The number of hydrogen-bond donors (Lipinski definition) is 0. The first-order valence-corrected chi connectivity index (χ1v) is 11.5. The average molecular weight is 488 g/mol. The number of amides is 2. The molecule has 182 valence electrons. The van der Waals surface area contributed by atoms with Crippen molar-refractivity contribution in [1.82, 2.24) is 19.6 Å². The second-order valence-corrected chi connectivity index (χ2v) is 8.56.